The number of nitrogens with zero attached hydrogens (tertiary/aromatic N) is 6. The van der Waals surface area contributed by atoms with E-state index < -0.39 is 0 Å². The number of aromatic nitrogens is 6. The summed E-state index contributed by atoms with van der Waals surface area (Å²) in [6.45, 7) is 6.43. The van der Waals surface area contributed by atoms with Gasteiger partial charge in [-0.1, -0.05) is 44.1 Å². The normalized spacial score (nSPS) is 11.7. The van der Waals surface area contributed by atoms with E-state index in [1.165, 1.54) is 18.8 Å². The van der Waals surface area contributed by atoms with Crippen LogP contribution in [0, 0.1) is 0 Å². The summed E-state index contributed by atoms with van der Waals surface area (Å²) in [5, 5.41) is 1.46. The van der Waals surface area contributed by atoms with Gasteiger partial charge in [0.05, 0.1) is 11.9 Å². The Bertz CT molecular complexity index is 1150. The molecule has 0 bridgehead atoms. The van der Waals surface area contributed by atoms with E-state index in [0.29, 0.717) is 39.3 Å². The third-order valence-corrected chi connectivity index (χ3v) is 5.82. The van der Waals surface area contributed by atoms with Crippen LogP contribution >= 0.6 is 23.4 Å². The van der Waals surface area contributed by atoms with Crippen LogP contribution in [0.3, 0.4) is 0 Å². The molecule has 0 aromatic carbocycles. The molecular weight excluding hydrogens is 400 g/mol. The molecule has 0 spiro atoms. The molecule has 10 heteroatoms. The number of hydrogen-bond donors (Lipinski definition) is 0. The standard InChI is InChI=1S/C18H23ClN6O2S/c1-6-7-25-15-13(17(26)24(5)18(25)27)16(22-14(21-15)10(2)3)28-9-12-20-8-11(19)23(12)4/h8,10H,6-7,9H2,1-5H3. The molecule has 3 aromatic heterocycles. The number of aryl methyl sites for hydroxylation is 1. The molecule has 0 fully saturated rings. The molecule has 150 valence electrons. The first kappa shape index (κ1) is 20.6. The number of rotatable bonds is 6. The van der Waals surface area contributed by atoms with Crippen molar-refractivity contribution in [1.29, 1.82) is 0 Å². The molecule has 0 N–H and O–H groups in total. The highest BCUT2D eigenvalue weighted by atomic mass is 35.5. The lowest BCUT2D eigenvalue weighted by Gasteiger charge is -2.15. The van der Waals surface area contributed by atoms with Gasteiger partial charge in [0, 0.05) is 26.6 Å². The predicted octanol–water partition coefficient (Wildman–Crippen LogP) is 2.70. The Labute approximate surface area is 171 Å². The van der Waals surface area contributed by atoms with Gasteiger partial charge in [-0.3, -0.25) is 13.9 Å². The Morgan fingerprint density at radius 1 is 1.18 bits per heavy atom. The molecule has 0 aliphatic rings. The minimum atomic E-state index is -0.386. The summed E-state index contributed by atoms with van der Waals surface area (Å²) < 4.78 is 4.47. The highest BCUT2D eigenvalue weighted by Gasteiger charge is 2.20. The summed E-state index contributed by atoms with van der Waals surface area (Å²) in [5.41, 5.74) is -0.350. The first-order valence-corrected chi connectivity index (χ1v) is 10.4. The van der Waals surface area contributed by atoms with Gasteiger partial charge in [0.15, 0.2) is 5.65 Å². The van der Waals surface area contributed by atoms with Crippen molar-refractivity contribution in [3.05, 3.63) is 43.8 Å². The van der Waals surface area contributed by atoms with Crippen LogP contribution in [0.5, 0.6) is 0 Å². The van der Waals surface area contributed by atoms with Crippen LogP contribution in [-0.2, 0) is 26.4 Å². The van der Waals surface area contributed by atoms with E-state index >= 15 is 0 Å². The maximum atomic E-state index is 12.9. The topological polar surface area (TPSA) is 87.6 Å². The molecule has 3 aromatic rings. The predicted molar refractivity (Wildman–Crippen MR) is 111 cm³/mol. The van der Waals surface area contributed by atoms with Gasteiger partial charge in [-0.25, -0.2) is 19.7 Å². The molecule has 0 unspecified atom stereocenters. The van der Waals surface area contributed by atoms with E-state index in [1.54, 1.807) is 15.3 Å². The van der Waals surface area contributed by atoms with Crippen molar-refractivity contribution in [3.8, 4) is 0 Å². The molecule has 0 radical (unpaired) electrons. The van der Waals surface area contributed by atoms with Gasteiger partial charge in [-0.2, -0.15) is 0 Å². The van der Waals surface area contributed by atoms with E-state index in [9.17, 15) is 9.59 Å². The van der Waals surface area contributed by atoms with Crippen molar-refractivity contribution in [1.82, 2.24) is 28.7 Å². The van der Waals surface area contributed by atoms with Crippen LogP contribution < -0.4 is 11.2 Å². The van der Waals surface area contributed by atoms with E-state index in [4.69, 9.17) is 11.6 Å². The average Bonchev–Trinajstić information content (AvgIpc) is 2.99. The maximum absolute atomic E-state index is 12.9. The first-order chi connectivity index (χ1) is 13.3. The zero-order valence-electron chi connectivity index (χ0n) is 16.6. The first-order valence-electron chi connectivity index (χ1n) is 9.06. The van der Waals surface area contributed by atoms with Gasteiger partial charge in [0.1, 0.15) is 27.2 Å². The second-order valence-corrected chi connectivity index (χ2v) is 8.23. The van der Waals surface area contributed by atoms with Gasteiger partial charge in [-0.05, 0) is 6.42 Å². The summed E-state index contributed by atoms with van der Waals surface area (Å²) in [6, 6.07) is 0. The van der Waals surface area contributed by atoms with E-state index in [0.717, 1.165) is 16.8 Å². The number of fused-ring (bicyclic) bond motifs is 1. The van der Waals surface area contributed by atoms with Crippen molar-refractivity contribution in [2.24, 2.45) is 14.1 Å². The molecule has 0 atom stereocenters. The third kappa shape index (κ3) is 3.60. The number of hydrogen-bond acceptors (Lipinski definition) is 6. The van der Waals surface area contributed by atoms with Gasteiger partial charge >= 0.3 is 5.69 Å². The molecular formula is C18H23ClN6O2S. The van der Waals surface area contributed by atoms with Gasteiger partial charge < -0.3 is 4.57 Å². The third-order valence-electron chi connectivity index (χ3n) is 4.50. The van der Waals surface area contributed by atoms with Crippen LogP contribution in [-0.4, -0.2) is 28.7 Å². The summed E-state index contributed by atoms with van der Waals surface area (Å²) in [6.07, 6.45) is 2.34. The molecule has 8 nitrogen and oxygen atoms in total. The van der Waals surface area contributed by atoms with Crippen molar-refractivity contribution in [2.45, 2.75) is 50.4 Å². The lowest BCUT2D eigenvalue weighted by Crippen LogP contribution is -2.39. The van der Waals surface area contributed by atoms with E-state index in [1.807, 2.05) is 27.8 Å². The fraction of sp³-hybridized carbons (Fsp3) is 0.500. The minimum absolute atomic E-state index is 0.0561. The molecule has 3 heterocycles. The fourth-order valence-corrected chi connectivity index (χ4v) is 3.99. The van der Waals surface area contributed by atoms with Crippen molar-refractivity contribution in [2.75, 3.05) is 0 Å². The fourth-order valence-electron chi connectivity index (χ4n) is 2.83. The lowest BCUT2D eigenvalue weighted by atomic mass is 10.2. The maximum Gasteiger partial charge on any atom is 0.332 e. The zero-order valence-corrected chi connectivity index (χ0v) is 18.1. The minimum Gasteiger partial charge on any atom is -0.322 e. The lowest BCUT2D eigenvalue weighted by molar-refractivity contribution is 0.603. The Balaban J connectivity index is 2.23. The van der Waals surface area contributed by atoms with Crippen LogP contribution in [0.2, 0.25) is 5.15 Å². The summed E-state index contributed by atoms with van der Waals surface area (Å²) >= 11 is 7.46. The van der Waals surface area contributed by atoms with Crippen LogP contribution in [0.4, 0.5) is 0 Å². The smallest absolute Gasteiger partial charge is 0.322 e. The molecule has 0 saturated carbocycles. The zero-order chi connectivity index (χ0) is 20.6. The Morgan fingerprint density at radius 2 is 1.89 bits per heavy atom. The Hall–Kier alpha value is -2.13. The quantitative estimate of drug-likeness (QED) is 0.448. The van der Waals surface area contributed by atoms with E-state index in [2.05, 4.69) is 15.0 Å². The largest absolute Gasteiger partial charge is 0.332 e. The molecule has 0 aliphatic heterocycles. The molecule has 28 heavy (non-hydrogen) atoms. The second-order valence-electron chi connectivity index (χ2n) is 6.88. The van der Waals surface area contributed by atoms with Crippen molar-refractivity contribution in [3.63, 3.8) is 0 Å². The van der Waals surface area contributed by atoms with Gasteiger partial charge in [0.2, 0.25) is 0 Å². The summed E-state index contributed by atoms with van der Waals surface area (Å²) in [4.78, 5) is 39.1. The number of imidazole rings is 1. The van der Waals surface area contributed by atoms with Crippen LogP contribution in [0.15, 0.2) is 20.8 Å². The summed E-state index contributed by atoms with van der Waals surface area (Å²) in [5.74, 6) is 1.92. The Kier molecular flexibility index (Phi) is 5.95. The average molecular weight is 423 g/mol. The van der Waals surface area contributed by atoms with Crippen LogP contribution in [0.25, 0.3) is 11.0 Å². The van der Waals surface area contributed by atoms with Gasteiger partial charge in [0.25, 0.3) is 5.56 Å². The highest BCUT2D eigenvalue weighted by Crippen LogP contribution is 2.27. The van der Waals surface area contributed by atoms with Gasteiger partial charge in [-0.15, -0.1) is 0 Å². The number of thioether (sulfide) groups is 1. The van der Waals surface area contributed by atoms with E-state index in [-0.39, 0.29) is 17.2 Å². The van der Waals surface area contributed by atoms with Crippen LogP contribution in [0.1, 0.15) is 44.8 Å². The molecule has 3 rings (SSSR count). The monoisotopic (exact) mass is 422 g/mol. The second kappa shape index (κ2) is 8.08. The Morgan fingerprint density at radius 3 is 2.46 bits per heavy atom. The summed E-state index contributed by atoms with van der Waals surface area (Å²) in [7, 11) is 3.32. The molecule has 0 saturated heterocycles. The van der Waals surface area contributed by atoms with Crippen molar-refractivity contribution < 1.29 is 0 Å². The SMILES string of the molecule is CCCn1c(=O)n(C)c(=O)c2c(SCc3ncc(Cl)n3C)nc(C(C)C)nc21. The molecule has 0 amide bonds. The molecule has 0 aliphatic carbocycles. The number of halogens is 1. The van der Waals surface area contributed by atoms with Crippen molar-refractivity contribution >= 4 is 34.4 Å². The highest BCUT2D eigenvalue weighted by molar-refractivity contribution is 7.98.